The van der Waals surface area contributed by atoms with Crippen molar-refractivity contribution in [3.63, 3.8) is 0 Å². The Hall–Kier alpha value is -1.16. The number of halogens is 2. The van der Waals surface area contributed by atoms with Crippen LogP contribution in [0.2, 0.25) is 0 Å². The van der Waals surface area contributed by atoms with E-state index in [1.54, 1.807) is 0 Å². The second-order valence-corrected chi connectivity index (χ2v) is 2.87. The molecule has 72 valence electrons. The summed E-state index contributed by atoms with van der Waals surface area (Å²) in [6.45, 7) is 0.637. The van der Waals surface area contributed by atoms with Crippen LogP contribution < -0.4 is 5.73 Å². The first-order chi connectivity index (χ1) is 6.07. The monoisotopic (exact) mass is 187 g/mol. The molecule has 1 rings (SSSR count). The molecule has 0 aliphatic rings. The lowest BCUT2D eigenvalue weighted by Crippen LogP contribution is -2.12. The van der Waals surface area contributed by atoms with E-state index in [2.05, 4.69) is 0 Å². The molecular weight excluding hydrogens is 176 g/mol. The molecule has 1 atom stereocenters. The average molecular weight is 187 g/mol. The van der Waals surface area contributed by atoms with Gasteiger partial charge in [0.2, 0.25) is 0 Å². The standard InChI is InChI=1S/C9H11F2NO/c1-5-7(11)3-2-6(9(5)13)8(12)4-10/h2-3,8,13H,4,12H2,1H3. The van der Waals surface area contributed by atoms with Crippen LogP contribution in [-0.4, -0.2) is 11.8 Å². The maximum absolute atomic E-state index is 12.8. The van der Waals surface area contributed by atoms with Gasteiger partial charge in [-0.3, -0.25) is 0 Å². The molecule has 0 fully saturated rings. The van der Waals surface area contributed by atoms with Gasteiger partial charge in [-0.2, -0.15) is 0 Å². The number of aromatic hydroxyl groups is 1. The Kier molecular flexibility index (Phi) is 2.83. The first-order valence-electron chi connectivity index (χ1n) is 3.87. The molecule has 1 aromatic carbocycles. The minimum absolute atomic E-state index is 0.0985. The van der Waals surface area contributed by atoms with Gasteiger partial charge in [0.15, 0.2) is 0 Å². The van der Waals surface area contributed by atoms with Crippen LogP contribution in [-0.2, 0) is 0 Å². The number of phenolic OH excluding ortho intramolecular Hbond substituents is 1. The minimum atomic E-state index is -0.890. The maximum atomic E-state index is 12.8. The smallest absolute Gasteiger partial charge is 0.129 e. The van der Waals surface area contributed by atoms with Crippen LogP contribution >= 0.6 is 0 Å². The van der Waals surface area contributed by atoms with Gasteiger partial charge < -0.3 is 10.8 Å². The highest BCUT2D eigenvalue weighted by Gasteiger charge is 2.14. The number of rotatable bonds is 2. The van der Waals surface area contributed by atoms with Crippen molar-refractivity contribution in [1.82, 2.24) is 0 Å². The fraction of sp³-hybridized carbons (Fsp3) is 0.333. The lowest BCUT2D eigenvalue weighted by molar-refractivity contribution is 0.410. The van der Waals surface area contributed by atoms with Crippen LogP contribution in [0.4, 0.5) is 8.78 Å². The molecule has 4 heteroatoms. The molecule has 0 aliphatic heterocycles. The summed E-state index contributed by atoms with van der Waals surface area (Å²) < 4.78 is 25.0. The van der Waals surface area contributed by atoms with E-state index in [9.17, 15) is 13.9 Å². The molecule has 0 aliphatic carbocycles. The molecule has 1 unspecified atom stereocenters. The highest BCUT2D eigenvalue weighted by molar-refractivity contribution is 5.42. The Balaban J connectivity index is 3.18. The highest BCUT2D eigenvalue weighted by atomic mass is 19.1. The number of nitrogens with two attached hydrogens (primary N) is 1. The zero-order valence-corrected chi connectivity index (χ0v) is 7.22. The van der Waals surface area contributed by atoms with Crippen LogP contribution in [0.25, 0.3) is 0 Å². The largest absolute Gasteiger partial charge is 0.507 e. The average Bonchev–Trinajstić information content (AvgIpc) is 2.13. The number of hydrogen-bond donors (Lipinski definition) is 2. The second kappa shape index (κ2) is 3.70. The molecule has 0 bridgehead atoms. The molecule has 0 amide bonds. The van der Waals surface area contributed by atoms with Gasteiger partial charge >= 0.3 is 0 Å². The second-order valence-electron chi connectivity index (χ2n) is 2.87. The van der Waals surface area contributed by atoms with E-state index in [0.717, 1.165) is 0 Å². The Labute approximate surface area is 75.0 Å². The number of phenols is 1. The van der Waals surface area contributed by atoms with E-state index in [1.807, 2.05) is 0 Å². The van der Waals surface area contributed by atoms with Crippen molar-refractivity contribution in [2.75, 3.05) is 6.67 Å². The Morgan fingerprint density at radius 2 is 2.15 bits per heavy atom. The zero-order valence-electron chi connectivity index (χ0n) is 7.22. The van der Waals surface area contributed by atoms with Crippen LogP contribution in [0.15, 0.2) is 12.1 Å². The molecule has 0 spiro atoms. The predicted octanol–water partition coefficient (Wildman–Crippen LogP) is 1.81. The van der Waals surface area contributed by atoms with Crippen LogP contribution in [0.1, 0.15) is 17.2 Å². The topological polar surface area (TPSA) is 46.2 Å². The van der Waals surface area contributed by atoms with Crippen molar-refractivity contribution in [2.45, 2.75) is 13.0 Å². The third-order valence-electron chi connectivity index (χ3n) is 1.96. The first-order valence-corrected chi connectivity index (χ1v) is 3.87. The summed E-state index contributed by atoms with van der Waals surface area (Å²) in [7, 11) is 0. The van der Waals surface area contributed by atoms with Gasteiger partial charge in [-0.05, 0) is 13.0 Å². The summed E-state index contributed by atoms with van der Waals surface area (Å²) in [6, 6.07) is 1.57. The number of alkyl halides is 1. The molecule has 1 aromatic rings. The lowest BCUT2D eigenvalue weighted by atomic mass is 10.0. The number of hydrogen-bond acceptors (Lipinski definition) is 2. The molecule has 0 radical (unpaired) electrons. The normalized spacial score (nSPS) is 12.9. The van der Waals surface area contributed by atoms with E-state index in [4.69, 9.17) is 5.73 Å². The van der Waals surface area contributed by atoms with Crippen molar-refractivity contribution in [3.05, 3.63) is 29.1 Å². The van der Waals surface area contributed by atoms with Crippen LogP contribution in [0.5, 0.6) is 5.75 Å². The Morgan fingerprint density at radius 1 is 1.54 bits per heavy atom. The third kappa shape index (κ3) is 1.78. The van der Waals surface area contributed by atoms with E-state index < -0.39 is 18.5 Å². The van der Waals surface area contributed by atoms with Crippen molar-refractivity contribution >= 4 is 0 Å². The Bertz CT molecular complexity index is 315. The van der Waals surface area contributed by atoms with Gasteiger partial charge in [-0.15, -0.1) is 0 Å². The summed E-state index contributed by atoms with van der Waals surface area (Å²) in [6.07, 6.45) is 0. The molecule has 3 N–H and O–H groups in total. The van der Waals surface area contributed by atoms with Gasteiger partial charge in [0, 0.05) is 11.1 Å². The number of benzene rings is 1. The molecule has 2 nitrogen and oxygen atoms in total. The minimum Gasteiger partial charge on any atom is -0.507 e. The van der Waals surface area contributed by atoms with Gasteiger partial charge in [0.05, 0.1) is 6.04 Å². The molecule has 0 heterocycles. The SMILES string of the molecule is Cc1c(F)ccc(C(N)CF)c1O. The molecular formula is C9H11F2NO. The fourth-order valence-corrected chi connectivity index (χ4v) is 1.08. The summed E-state index contributed by atoms with van der Waals surface area (Å²) in [4.78, 5) is 0. The van der Waals surface area contributed by atoms with Crippen molar-refractivity contribution in [2.24, 2.45) is 5.73 Å². The van der Waals surface area contributed by atoms with Gasteiger partial charge in [-0.25, -0.2) is 8.78 Å². The quantitative estimate of drug-likeness (QED) is 0.741. The summed E-state index contributed by atoms with van der Waals surface area (Å²) in [5.74, 6) is -0.780. The molecule has 0 aromatic heterocycles. The molecule has 13 heavy (non-hydrogen) atoms. The van der Waals surface area contributed by atoms with E-state index in [-0.39, 0.29) is 16.9 Å². The highest BCUT2D eigenvalue weighted by Crippen LogP contribution is 2.28. The predicted molar refractivity (Wildman–Crippen MR) is 45.7 cm³/mol. The lowest BCUT2D eigenvalue weighted by Gasteiger charge is -2.11. The van der Waals surface area contributed by atoms with Gasteiger partial charge in [0.1, 0.15) is 18.2 Å². The summed E-state index contributed by atoms with van der Waals surface area (Å²) in [5, 5.41) is 9.39. The molecule has 0 saturated carbocycles. The van der Waals surface area contributed by atoms with E-state index >= 15 is 0 Å². The summed E-state index contributed by atoms with van der Waals surface area (Å²) in [5.41, 5.74) is 5.69. The van der Waals surface area contributed by atoms with Crippen molar-refractivity contribution in [1.29, 1.82) is 0 Å². The van der Waals surface area contributed by atoms with Crippen molar-refractivity contribution < 1.29 is 13.9 Å². The van der Waals surface area contributed by atoms with Crippen molar-refractivity contribution in [3.8, 4) is 5.75 Å². The summed E-state index contributed by atoms with van der Waals surface area (Å²) >= 11 is 0. The Morgan fingerprint density at radius 3 is 2.69 bits per heavy atom. The van der Waals surface area contributed by atoms with E-state index in [0.29, 0.717) is 0 Å². The fourth-order valence-electron chi connectivity index (χ4n) is 1.08. The maximum Gasteiger partial charge on any atom is 0.129 e. The first kappa shape index (κ1) is 9.92. The molecule has 0 saturated heterocycles. The van der Waals surface area contributed by atoms with Crippen LogP contribution in [0, 0.1) is 12.7 Å². The third-order valence-corrected chi connectivity index (χ3v) is 1.96. The van der Waals surface area contributed by atoms with Gasteiger partial charge in [-0.1, -0.05) is 6.07 Å². The zero-order chi connectivity index (χ0) is 10.0. The van der Waals surface area contributed by atoms with Crippen LogP contribution in [0.3, 0.4) is 0 Å². The van der Waals surface area contributed by atoms with Gasteiger partial charge in [0.25, 0.3) is 0 Å². The van der Waals surface area contributed by atoms with E-state index in [1.165, 1.54) is 19.1 Å².